The average molecular weight is 366 g/mol. The maximum atomic E-state index is 12.3. The van der Waals surface area contributed by atoms with Crippen molar-refractivity contribution >= 4 is 35.2 Å². The molecule has 1 aliphatic heterocycles. The minimum absolute atomic E-state index is 0.0299. The molecule has 0 spiro atoms. The first kappa shape index (κ1) is 16.1. The van der Waals surface area contributed by atoms with Crippen molar-refractivity contribution in [1.29, 1.82) is 0 Å². The Balaban J connectivity index is 1.91. The van der Waals surface area contributed by atoms with Crippen molar-refractivity contribution in [1.82, 2.24) is 9.55 Å². The number of hydrogen-bond acceptors (Lipinski definition) is 4. The van der Waals surface area contributed by atoms with Gasteiger partial charge in [0.2, 0.25) is 5.88 Å². The third-order valence-electron chi connectivity index (χ3n) is 4.06. The molecule has 2 aromatic carbocycles. The number of hydrogen-bond donors (Lipinski definition) is 2. The van der Waals surface area contributed by atoms with Crippen LogP contribution in [0.3, 0.4) is 0 Å². The van der Waals surface area contributed by atoms with Crippen LogP contribution >= 0.6 is 11.6 Å². The van der Waals surface area contributed by atoms with Crippen LogP contribution in [0, 0.1) is 0 Å². The van der Waals surface area contributed by atoms with Gasteiger partial charge < -0.3 is 5.11 Å². The third kappa shape index (κ3) is 2.66. The minimum atomic E-state index is -0.738. The maximum absolute atomic E-state index is 12.3. The zero-order chi connectivity index (χ0) is 18.3. The van der Waals surface area contributed by atoms with Gasteiger partial charge in [-0.2, -0.15) is 0 Å². The van der Waals surface area contributed by atoms with Gasteiger partial charge in [-0.1, -0.05) is 29.8 Å². The molecule has 26 heavy (non-hydrogen) atoms. The predicted molar refractivity (Wildman–Crippen MR) is 102 cm³/mol. The second kappa shape index (κ2) is 6.16. The number of H-pyrrole nitrogens is 1. The zero-order valence-corrected chi connectivity index (χ0v) is 14.1. The molecule has 2 N–H and O–H groups in total. The lowest BCUT2D eigenvalue weighted by Crippen LogP contribution is -2.30. The summed E-state index contributed by atoms with van der Waals surface area (Å²) < 4.78 is 1.02. The smallest absolute Gasteiger partial charge is 0.335 e. The van der Waals surface area contributed by atoms with Gasteiger partial charge in [0.05, 0.1) is 11.4 Å². The molecule has 0 bridgehead atoms. The maximum Gasteiger partial charge on any atom is 0.335 e. The van der Waals surface area contributed by atoms with Crippen LogP contribution in [0.2, 0.25) is 5.02 Å². The number of para-hydroxylation sites is 1. The van der Waals surface area contributed by atoms with E-state index in [4.69, 9.17) is 11.6 Å². The van der Waals surface area contributed by atoms with Gasteiger partial charge in [0.25, 0.3) is 5.56 Å². The number of rotatable bonds is 2. The highest BCUT2D eigenvalue weighted by atomic mass is 35.5. The molecule has 128 valence electrons. The first-order valence-electron chi connectivity index (χ1n) is 7.74. The number of aromatic amines is 1. The number of aromatic nitrogens is 2. The van der Waals surface area contributed by atoms with Crippen molar-refractivity contribution in [3.63, 3.8) is 0 Å². The van der Waals surface area contributed by atoms with Crippen molar-refractivity contribution < 1.29 is 5.11 Å². The molecule has 6 nitrogen and oxygen atoms in total. The van der Waals surface area contributed by atoms with Crippen LogP contribution < -0.4 is 11.2 Å². The lowest BCUT2D eigenvalue weighted by molar-refractivity contribution is 0.429. The van der Waals surface area contributed by atoms with Gasteiger partial charge in [0, 0.05) is 22.4 Å². The van der Waals surface area contributed by atoms with Gasteiger partial charge >= 0.3 is 5.69 Å². The number of nitrogens with zero attached hydrogens (tertiary/aromatic N) is 2. The monoisotopic (exact) mass is 365 g/mol. The lowest BCUT2D eigenvalue weighted by atomic mass is 10.1. The molecule has 0 amide bonds. The number of fused-ring (bicyclic) bond motifs is 1. The molecule has 0 saturated heterocycles. The van der Waals surface area contributed by atoms with Gasteiger partial charge in [-0.15, -0.1) is 0 Å². The number of benzene rings is 2. The fourth-order valence-corrected chi connectivity index (χ4v) is 2.93. The Bertz CT molecular complexity index is 1190. The predicted octanol–water partition coefficient (Wildman–Crippen LogP) is 3.14. The Morgan fingerprint density at radius 1 is 1.08 bits per heavy atom. The summed E-state index contributed by atoms with van der Waals surface area (Å²) in [4.78, 5) is 31.0. The van der Waals surface area contributed by atoms with Gasteiger partial charge in [0.1, 0.15) is 5.56 Å². The van der Waals surface area contributed by atoms with E-state index in [1.54, 1.807) is 30.5 Å². The molecule has 0 radical (unpaired) electrons. The Kier molecular flexibility index (Phi) is 3.82. The second-order valence-corrected chi connectivity index (χ2v) is 6.12. The second-order valence-electron chi connectivity index (χ2n) is 5.68. The topological polar surface area (TPSA) is 87.5 Å². The summed E-state index contributed by atoms with van der Waals surface area (Å²) in [5.41, 5.74) is 1.23. The van der Waals surface area contributed by atoms with Crippen LogP contribution in [0.25, 0.3) is 17.3 Å². The number of aromatic hydroxyl groups is 1. The molecular formula is C19H12ClN3O3. The van der Waals surface area contributed by atoms with Crippen molar-refractivity contribution in [2.24, 2.45) is 4.99 Å². The van der Waals surface area contributed by atoms with Crippen LogP contribution in [0.1, 0.15) is 11.1 Å². The Hall–Kier alpha value is -3.38. The van der Waals surface area contributed by atoms with Crippen LogP contribution in [0.4, 0.5) is 5.69 Å². The van der Waals surface area contributed by atoms with E-state index in [0.717, 1.165) is 15.8 Å². The molecule has 0 atom stereocenters. The van der Waals surface area contributed by atoms with Crippen LogP contribution in [-0.2, 0) is 0 Å². The Morgan fingerprint density at radius 3 is 2.58 bits per heavy atom. The SMILES string of the molecule is O=c1[nH]c(=O)n(-c2ccc(Cl)cc2)c(O)c1/C=C1/C=Nc2ccccc21. The van der Waals surface area contributed by atoms with Gasteiger partial charge in [-0.3, -0.25) is 14.8 Å². The van der Waals surface area contributed by atoms with E-state index in [9.17, 15) is 14.7 Å². The summed E-state index contributed by atoms with van der Waals surface area (Å²) in [7, 11) is 0. The summed E-state index contributed by atoms with van der Waals surface area (Å²) in [5.74, 6) is -0.452. The summed E-state index contributed by atoms with van der Waals surface area (Å²) in [6.45, 7) is 0. The molecule has 0 saturated carbocycles. The summed E-state index contributed by atoms with van der Waals surface area (Å²) >= 11 is 5.86. The molecule has 3 aromatic rings. The quantitative estimate of drug-likeness (QED) is 0.731. The molecule has 0 unspecified atom stereocenters. The van der Waals surface area contributed by atoms with Crippen molar-refractivity contribution in [3.05, 3.63) is 85.5 Å². The molecule has 1 aliphatic rings. The molecule has 1 aromatic heterocycles. The number of aliphatic imine (C=N–C) groups is 1. The largest absolute Gasteiger partial charge is 0.494 e. The number of halogens is 1. The highest BCUT2D eigenvalue weighted by Crippen LogP contribution is 2.32. The summed E-state index contributed by atoms with van der Waals surface area (Å²) in [6.07, 6.45) is 3.12. The van der Waals surface area contributed by atoms with Crippen molar-refractivity contribution in [2.45, 2.75) is 0 Å². The van der Waals surface area contributed by atoms with E-state index in [2.05, 4.69) is 9.98 Å². The Labute approximate surface area is 152 Å². The van der Waals surface area contributed by atoms with Crippen LogP contribution in [0.5, 0.6) is 5.88 Å². The van der Waals surface area contributed by atoms with E-state index in [-0.39, 0.29) is 5.56 Å². The van der Waals surface area contributed by atoms with Gasteiger partial charge in [-0.25, -0.2) is 9.36 Å². The van der Waals surface area contributed by atoms with E-state index in [1.807, 2.05) is 24.3 Å². The molecule has 2 heterocycles. The summed E-state index contributed by atoms with van der Waals surface area (Å²) in [6, 6.07) is 13.8. The fourth-order valence-electron chi connectivity index (χ4n) is 2.81. The first-order chi connectivity index (χ1) is 12.5. The fraction of sp³-hybridized carbons (Fsp3) is 0. The third-order valence-corrected chi connectivity index (χ3v) is 4.32. The first-order valence-corrected chi connectivity index (χ1v) is 8.12. The molecule has 4 rings (SSSR count). The number of nitrogens with one attached hydrogen (secondary N) is 1. The minimum Gasteiger partial charge on any atom is -0.494 e. The van der Waals surface area contributed by atoms with Crippen LogP contribution in [-0.4, -0.2) is 20.9 Å². The molecule has 0 fully saturated rings. The van der Waals surface area contributed by atoms with E-state index in [1.165, 1.54) is 6.08 Å². The summed E-state index contributed by atoms with van der Waals surface area (Å²) in [5, 5.41) is 11.1. The lowest BCUT2D eigenvalue weighted by Gasteiger charge is -2.10. The highest BCUT2D eigenvalue weighted by molar-refractivity contribution is 6.30. The zero-order valence-electron chi connectivity index (χ0n) is 13.3. The molecule has 7 heteroatoms. The normalized spacial score (nSPS) is 14.0. The van der Waals surface area contributed by atoms with E-state index in [0.29, 0.717) is 16.3 Å². The van der Waals surface area contributed by atoms with E-state index >= 15 is 0 Å². The standard InChI is InChI=1S/C19H12ClN3O3/c20-12-5-7-13(8-6-12)23-18(25)15(17(24)22-19(23)26)9-11-10-21-16-4-2-1-3-14(11)16/h1-10,25H,(H,22,24,26)/b11-9-. The van der Waals surface area contributed by atoms with E-state index < -0.39 is 17.1 Å². The van der Waals surface area contributed by atoms with Crippen LogP contribution in [0.15, 0.2) is 63.1 Å². The molecule has 0 aliphatic carbocycles. The average Bonchev–Trinajstić information content (AvgIpc) is 3.03. The van der Waals surface area contributed by atoms with Crippen molar-refractivity contribution in [3.8, 4) is 11.6 Å². The van der Waals surface area contributed by atoms with Crippen molar-refractivity contribution in [2.75, 3.05) is 0 Å². The number of allylic oxidation sites excluding steroid dienone is 1. The Morgan fingerprint density at radius 2 is 1.81 bits per heavy atom. The highest BCUT2D eigenvalue weighted by Gasteiger charge is 2.17. The molecular weight excluding hydrogens is 354 g/mol. The van der Waals surface area contributed by atoms with Gasteiger partial charge in [0.15, 0.2) is 0 Å². The van der Waals surface area contributed by atoms with Gasteiger partial charge in [-0.05, 0) is 36.4 Å².